The van der Waals surface area contributed by atoms with Crippen LogP contribution in [-0.4, -0.2) is 17.3 Å². The molecule has 0 aliphatic heterocycles. The van der Waals surface area contributed by atoms with Crippen LogP contribution in [0.4, 0.5) is 5.69 Å². The number of nitrogens with zero attached hydrogens (tertiary/aromatic N) is 3. The molecule has 0 spiro atoms. The smallest absolute Gasteiger partial charge is 0.121 e. The quantitative estimate of drug-likeness (QED) is 0.103. The van der Waals surface area contributed by atoms with E-state index in [1.807, 2.05) is 81.4 Å². The number of benzene rings is 6. The third-order valence-corrected chi connectivity index (χ3v) is 12.1. The highest BCUT2D eigenvalue weighted by atomic mass is 35.5. The van der Waals surface area contributed by atoms with Crippen molar-refractivity contribution in [3.8, 4) is 17.2 Å². The summed E-state index contributed by atoms with van der Waals surface area (Å²) in [5.41, 5.74) is 22.1. The third-order valence-electron chi connectivity index (χ3n) is 11.9. The van der Waals surface area contributed by atoms with Crippen LogP contribution in [0.1, 0.15) is 225 Å². The largest absolute Gasteiger partial charge is 0.508 e. The number of ether oxygens (including phenoxy) is 1. The normalized spacial score (nSPS) is 10.6. The summed E-state index contributed by atoms with van der Waals surface area (Å²) in [5.74, 6) is 1.72. The van der Waals surface area contributed by atoms with E-state index in [1.165, 1.54) is 38.9 Å². The lowest BCUT2D eigenvalue weighted by Crippen LogP contribution is -2.11. The Morgan fingerprint density at radius 2 is 0.731 bits per heavy atom. The van der Waals surface area contributed by atoms with Gasteiger partial charge < -0.3 is 14.9 Å². The second-order valence-corrected chi connectivity index (χ2v) is 25.2. The Labute approximate surface area is 487 Å². The van der Waals surface area contributed by atoms with Crippen LogP contribution in [0.25, 0.3) is 10.4 Å². The van der Waals surface area contributed by atoms with Gasteiger partial charge in [0, 0.05) is 15.6 Å². The maximum Gasteiger partial charge on any atom is 0.121 e. The molecule has 0 saturated heterocycles. The molecule has 0 amide bonds. The molecule has 6 aromatic rings. The molecular weight excluding hydrogens is 978 g/mol. The topological polar surface area (TPSA) is 98.5 Å². The highest BCUT2D eigenvalue weighted by Gasteiger charge is 2.18. The molecule has 0 unspecified atom stereocenters. The number of phenols is 2. The first-order chi connectivity index (χ1) is 32.8. The van der Waals surface area contributed by atoms with Crippen LogP contribution in [0.2, 0.25) is 5.02 Å². The Kier molecular flexibility index (Phi) is 38.3. The molecule has 0 bridgehead atoms. The monoisotopic (exact) mass is 1090 g/mol. The van der Waals surface area contributed by atoms with Gasteiger partial charge in [-0.2, -0.15) is 0 Å². The lowest BCUT2D eigenvalue weighted by molar-refractivity contribution is 0.414. The molecule has 0 saturated carbocycles. The summed E-state index contributed by atoms with van der Waals surface area (Å²) in [6.45, 7) is 47.3. The summed E-state index contributed by atoms with van der Waals surface area (Å²) in [6, 6.07) is 42.5. The minimum atomic E-state index is 0. The second kappa shape index (κ2) is 35.8. The van der Waals surface area contributed by atoms with Crippen LogP contribution in [0.5, 0.6) is 17.2 Å². The number of aryl methyl sites for hydroxylation is 4. The molecule has 0 fully saturated rings. The summed E-state index contributed by atoms with van der Waals surface area (Å²) in [6.07, 6.45) is 0. The zero-order chi connectivity index (χ0) is 55.6. The number of aromatic hydroxyl groups is 2. The third kappa shape index (κ3) is 31.0. The van der Waals surface area contributed by atoms with Crippen molar-refractivity contribution >= 4 is 17.3 Å². The van der Waals surface area contributed by atoms with Gasteiger partial charge in [-0.25, -0.2) is 0 Å². The van der Waals surface area contributed by atoms with Crippen LogP contribution in [0.15, 0.2) is 133 Å². The van der Waals surface area contributed by atoms with Crippen molar-refractivity contribution in [1.82, 2.24) is 0 Å². The molecule has 7 heteroatoms. The molecule has 6 aromatic carbocycles. The fourth-order valence-electron chi connectivity index (χ4n) is 6.74. The van der Waals surface area contributed by atoms with E-state index in [0.717, 1.165) is 27.5 Å². The number of azide groups is 1. The zero-order valence-corrected chi connectivity index (χ0v) is 49.4. The Bertz CT molecular complexity index is 2580. The van der Waals surface area contributed by atoms with Gasteiger partial charge in [0.15, 0.2) is 0 Å². The maximum atomic E-state index is 9.60. The zero-order valence-electron chi connectivity index (χ0n) is 48.6. The second-order valence-electron chi connectivity index (χ2n) is 24.8. The summed E-state index contributed by atoms with van der Waals surface area (Å²) < 4.78 is 5.08. The maximum absolute atomic E-state index is 9.60. The average molecular weight is 1100 g/mol. The number of phenolic OH excluding ortho intramolecular Hbond substituents is 2. The molecule has 6 rings (SSSR count). The van der Waals surface area contributed by atoms with Gasteiger partial charge in [-0.15, -0.1) is 0 Å². The van der Waals surface area contributed by atoms with Gasteiger partial charge in [0.1, 0.15) is 17.2 Å². The molecular formula is C71H116ClN3O3. The van der Waals surface area contributed by atoms with Crippen LogP contribution >= 0.6 is 11.6 Å². The van der Waals surface area contributed by atoms with E-state index in [1.54, 1.807) is 13.2 Å². The fourth-order valence-corrected chi connectivity index (χ4v) is 6.87. The van der Waals surface area contributed by atoms with Gasteiger partial charge in [0.2, 0.25) is 0 Å². The van der Waals surface area contributed by atoms with Crippen LogP contribution < -0.4 is 4.74 Å². The molecule has 78 heavy (non-hydrogen) atoms. The highest BCUT2D eigenvalue weighted by Crippen LogP contribution is 2.31. The van der Waals surface area contributed by atoms with Crippen LogP contribution in [-0.2, 0) is 32.5 Å². The van der Waals surface area contributed by atoms with Gasteiger partial charge >= 0.3 is 0 Å². The predicted molar refractivity (Wildman–Crippen MR) is 354 cm³/mol. The number of hydrogen-bond donors (Lipinski definition) is 2. The summed E-state index contributed by atoms with van der Waals surface area (Å²) in [4.78, 5) is 2.72. The lowest BCUT2D eigenvalue weighted by atomic mass is 9.85. The summed E-state index contributed by atoms with van der Waals surface area (Å²) >= 11 is 5.76. The first-order valence-corrected chi connectivity index (χ1v) is 25.4. The molecule has 0 atom stereocenters. The van der Waals surface area contributed by atoms with E-state index < -0.39 is 0 Å². The minimum absolute atomic E-state index is 0. The van der Waals surface area contributed by atoms with Gasteiger partial charge in [-0.05, 0) is 146 Å². The first kappa shape index (κ1) is 83.6. The molecule has 440 valence electrons. The van der Waals surface area contributed by atoms with E-state index in [-0.39, 0.29) is 77.0 Å². The number of halogens is 1. The minimum Gasteiger partial charge on any atom is -0.508 e. The summed E-state index contributed by atoms with van der Waals surface area (Å²) in [7, 11) is 1.69. The van der Waals surface area contributed by atoms with E-state index in [9.17, 15) is 10.2 Å². The number of rotatable bonds is 2. The first-order valence-electron chi connectivity index (χ1n) is 25.1. The van der Waals surface area contributed by atoms with E-state index >= 15 is 0 Å². The molecule has 0 aliphatic carbocycles. The van der Waals surface area contributed by atoms with E-state index in [2.05, 4.69) is 202 Å². The van der Waals surface area contributed by atoms with Gasteiger partial charge in [-0.1, -0.05) is 289 Å². The van der Waals surface area contributed by atoms with Crippen molar-refractivity contribution in [1.29, 1.82) is 0 Å². The Morgan fingerprint density at radius 1 is 0.410 bits per heavy atom. The Morgan fingerprint density at radius 3 is 1.04 bits per heavy atom. The van der Waals surface area contributed by atoms with Crippen LogP contribution in [0.3, 0.4) is 0 Å². The standard InChI is InChI=1S/C12H18O.2C11H16O.C11H16.C10H13Cl.C10H13N3.6CH4/c1-8-6-10(12(3,4)5)7-9(2)11(8)13;1-11(2,3)9-5-7-10(12-4)8-6-9;1-8-7-9(11(2,3)4)5-6-10(8)12;1-9-6-5-7-10(8-9)11(2,3)4;1-10(2,3)8-4-6-9(11)7-5-8;1-10(2,3)8-4-6-9(7-5-8)12-13-11;;;;;;/h6-7,13H,1-5H3;5-8H,1-4H3;5-7,12H,1-4H3;5-8H,1-4H3;4-7H,1-3H3;4-7H,1-3H3;6*1H4. The van der Waals surface area contributed by atoms with E-state index in [4.69, 9.17) is 21.9 Å². The molecule has 0 heterocycles. The molecule has 2 N–H and O–H groups in total. The SMILES string of the molecule is C.C.C.C.C.C.CC(C)(C)c1ccc(Cl)cc1.CC(C)(C)c1ccc(N=[N+]=[N-])cc1.COc1ccc(C(C)(C)C)cc1.Cc1cc(C(C)(C)C)cc(C)c1O.Cc1cc(C(C)(C)C)ccc1O.Cc1cccc(C(C)(C)C)c1. The lowest BCUT2D eigenvalue weighted by Gasteiger charge is -2.20. The molecule has 0 radical (unpaired) electrons. The predicted octanol–water partition coefficient (Wildman–Crippen LogP) is 24.0. The summed E-state index contributed by atoms with van der Waals surface area (Å²) in [5, 5.41) is 23.2. The van der Waals surface area contributed by atoms with Gasteiger partial charge in [0.05, 0.1) is 7.11 Å². The van der Waals surface area contributed by atoms with Crippen molar-refractivity contribution in [2.75, 3.05) is 7.11 Å². The fraction of sp³-hybridized carbons (Fsp3) is 0.493. The van der Waals surface area contributed by atoms with Gasteiger partial charge in [0.25, 0.3) is 0 Å². The molecule has 0 aliphatic rings. The van der Waals surface area contributed by atoms with Gasteiger partial charge in [-0.3, -0.25) is 0 Å². The van der Waals surface area contributed by atoms with Crippen LogP contribution in [0, 0.1) is 27.7 Å². The average Bonchev–Trinajstić information content (AvgIpc) is 3.26. The van der Waals surface area contributed by atoms with Crippen molar-refractivity contribution < 1.29 is 14.9 Å². The van der Waals surface area contributed by atoms with Crippen molar-refractivity contribution in [3.63, 3.8) is 0 Å². The Balaban J connectivity index is -0.000000197. The Hall–Kier alpha value is -5.68. The number of hydrogen-bond acceptors (Lipinski definition) is 4. The van der Waals surface area contributed by atoms with Crippen molar-refractivity contribution in [2.45, 2.75) is 229 Å². The highest BCUT2D eigenvalue weighted by molar-refractivity contribution is 6.30. The number of methoxy groups -OCH3 is 1. The van der Waals surface area contributed by atoms with Crippen molar-refractivity contribution in [3.05, 3.63) is 198 Å². The van der Waals surface area contributed by atoms with E-state index in [0.29, 0.717) is 17.2 Å². The molecule has 0 aromatic heterocycles. The van der Waals surface area contributed by atoms with Crippen molar-refractivity contribution in [2.24, 2.45) is 5.11 Å². The molecule has 6 nitrogen and oxygen atoms in total.